The van der Waals surface area contributed by atoms with Crippen LogP contribution >= 0.6 is 0 Å². The fourth-order valence-electron chi connectivity index (χ4n) is 3.49. The molecule has 0 aliphatic carbocycles. The number of nitriles is 1. The number of benzene rings is 2. The van der Waals surface area contributed by atoms with E-state index in [2.05, 4.69) is 19.9 Å². The van der Waals surface area contributed by atoms with Gasteiger partial charge in [-0.15, -0.1) is 0 Å². The van der Waals surface area contributed by atoms with E-state index >= 15 is 0 Å². The Morgan fingerprint density at radius 3 is 2.33 bits per heavy atom. The van der Waals surface area contributed by atoms with E-state index < -0.39 is 9.84 Å². The molecule has 0 N–H and O–H groups in total. The molecule has 2 aromatic carbocycles. The summed E-state index contributed by atoms with van der Waals surface area (Å²) < 4.78 is 25.6. The first-order valence-electron chi connectivity index (χ1n) is 8.67. The SMILES string of the molecule is Cc1ccc(S(=O)(=O)/C(C#N)=C/C=C2\N(C)c3ccccc3C2(C)C)cc1. The predicted molar refractivity (Wildman–Crippen MR) is 108 cm³/mol. The second kappa shape index (κ2) is 6.71. The Morgan fingerprint density at radius 1 is 1.11 bits per heavy atom. The molecule has 0 atom stereocenters. The predicted octanol–water partition coefficient (Wildman–Crippen LogP) is 4.49. The average molecular weight is 378 g/mol. The summed E-state index contributed by atoms with van der Waals surface area (Å²) in [6, 6.07) is 16.5. The number of hydrogen-bond donors (Lipinski definition) is 0. The number of hydrogen-bond acceptors (Lipinski definition) is 4. The summed E-state index contributed by atoms with van der Waals surface area (Å²) in [7, 11) is -1.89. The van der Waals surface area contributed by atoms with E-state index in [9.17, 15) is 13.7 Å². The van der Waals surface area contributed by atoms with E-state index in [0.717, 1.165) is 16.9 Å². The van der Waals surface area contributed by atoms with Crippen LogP contribution in [0.4, 0.5) is 5.69 Å². The first-order chi connectivity index (χ1) is 12.7. The topological polar surface area (TPSA) is 61.2 Å². The summed E-state index contributed by atoms with van der Waals surface area (Å²) in [6.07, 6.45) is 3.15. The Hall–Kier alpha value is -2.84. The molecule has 2 aromatic rings. The molecule has 5 heteroatoms. The molecule has 138 valence electrons. The van der Waals surface area contributed by atoms with Gasteiger partial charge in [0.25, 0.3) is 0 Å². The minimum atomic E-state index is -3.84. The summed E-state index contributed by atoms with van der Waals surface area (Å²) in [6.45, 7) is 6.07. The van der Waals surface area contributed by atoms with Gasteiger partial charge in [0, 0.05) is 23.8 Å². The lowest BCUT2D eigenvalue weighted by Crippen LogP contribution is -2.22. The number of fused-ring (bicyclic) bond motifs is 1. The van der Waals surface area contributed by atoms with Gasteiger partial charge < -0.3 is 4.90 Å². The van der Waals surface area contributed by atoms with Crippen molar-refractivity contribution >= 4 is 15.5 Å². The molecule has 0 unspecified atom stereocenters. The van der Waals surface area contributed by atoms with E-state index in [1.807, 2.05) is 43.1 Å². The first kappa shape index (κ1) is 18.9. The van der Waals surface area contributed by atoms with Crippen LogP contribution in [0.5, 0.6) is 0 Å². The van der Waals surface area contributed by atoms with Crippen LogP contribution in [0.15, 0.2) is 76.2 Å². The molecule has 0 bridgehead atoms. The van der Waals surface area contributed by atoms with E-state index in [0.29, 0.717) is 0 Å². The van der Waals surface area contributed by atoms with Crippen molar-refractivity contribution in [2.24, 2.45) is 0 Å². The molecule has 0 amide bonds. The summed E-state index contributed by atoms with van der Waals surface area (Å²) in [4.78, 5) is 1.90. The van der Waals surface area contributed by atoms with Crippen molar-refractivity contribution in [3.63, 3.8) is 0 Å². The van der Waals surface area contributed by atoms with Crippen molar-refractivity contribution in [1.29, 1.82) is 5.26 Å². The lowest BCUT2D eigenvalue weighted by Gasteiger charge is -2.23. The second-order valence-electron chi connectivity index (χ2n) is 7.21. The molecule has 0 saturated heterocycles. The summed E-state index contributed by atoms with van der Waals surface area (Å²) in [5.74, 6) is 0. The van der Waals surface area contributed by atoms with Gasteiger partial charge in [-0.25, -0.2) is 8.42 Å². The number of anilines is 1. The molecule has 0 radical (unpaired) electrons. The molecular weight excluding hydrogens is 356 g/mol. The van der Waals surface area contributed by atoms with Crippen LogP contribution in [0.2, 0.25) is 0 Å². The van der Waals surface area contributed by atoms with E-state index in [1.165, 1.54) is 23.8 Å². The first-order valence-corrected chi connectivity index (χ1v) is 10.2. The largest absolute Gasteiger partial charge is 0.347 e. The molecule has 1 heterocycles. The highest BCUT2D eigenvalue weighted by Crippen LogP contribution is 2.46. The number of likely N-dealkylation sites (N-methyl/N-ethyl adjacent to an activating group) is 1. The third-order valence-corrected chi connectivity index (χ3v) is 6.76. The average Bonchev–Trinajstić information content (AvgIpc) is 2.83. The van der Waals surface area contributed by atoms with Gasteiger partial charge in [0.05, 0.1) is 4.90 Å². The van der Waals surface area contributed by atoms with Gasteiger partial charge in [-0.05, 0) is 42.8 Å². The van der Waals surface area contributed by atoms with Crippen LogP contribution < -0.4 is 4.90 Å². The second-order valence-corrected chi connectivity index (χ2v) is 9.13. The Labute approximate surface area is 161 Å². The number of aryl methyl sites for hydroxylation is 1. The van der Waals surface area contributed by atoms with Crippen LogP contribution in [0, 0.1) is 18.3 Å². The van der Waals surface area contributed by atoms with Crippen molar-refractivity contribution in [2.45, 2.75) is 31.1 Å². The molecule has 0 saturated carbocycles. The highest BCUT2D eigenvalue weighted by Gasteiger charge is 2.37. The molecule has 1 aliphatic heterocycles. The zero-order valence-electron chi connectivity index (χ0n) is 15.9. The quantitative estimate of drug-likeness (QED) is 0.739. The van der Waals surface area contributed by atoms with Crippen molar-refractivity contribution in [1.82, 2.24) is 0 Å². The van der Waals surface area contributed by atoms with Crippen molar-refractivity contribution in [3.8, 4) is 6.07 Å². The number of para-hydroxylation sites is 1. The molecule has 27 heavy (non-hydrogen) atoms. The number of allylic oxidation sites excluding steroid dienone is 4. The fourth-order valence-corrected chi connectivity index (χ4v) is 4.60. The zero-order valence-corrected chi connectivity index (χ0v) is 16.7. The lowest BCUT2D eigenvalue weighted by molar-refractivity contribution is 0.603. The van der Waals surface area contributed by atoms with E-state index in [-0.39, 0.29) is 15.2 Å². The van der Waals surface area contributed by atoms with E-state index in [1.54, 1.807) is 18.2 Å². The fraction of sp³-hybridized carbons (Fsp3) is 0.227. The molecular formula is C22H22N2O2S. The van der Waals surface area contributed by atoms with Crippen LogP contribution in [0.25, 0.3) is 0 Å². The monoisotopic (exact) mass is 378 g/mol. The van der Waals surface area contributed by atoms with Gasteiger partial charge >= 0.3 is 0 Å². The normalized spacial score (nSPS) is 17.7. The maximum atomic E-state index is 12.8. The van der Waals surface area contributed by atoms with Crippen molar-refractivity contribution in [2.75, 3.05) is 11.9 Å². The number of nitrogens with zero attached hydrogens (tertiary/aromatic N) is 2. The maximum Gasteiger partial charge on any atom is 0.216 e. The van der Waals surface area contributed by atoms with Gasteiger partial charge in [0.1, 0.15) is 11.0 Å². The minimum absolute atomic E-state index is 0.127. The Bertz CT molecular complexity index is 1090. The Kier molecular flexibility index (Phi) is 4.71. The number of sulfone groups is 1. The number of rotatable bonds is 3. The molecule has 4 nitrogen and oxygen atoms in total. The third-order valence-electron chi connectivity index (χ3n) is 5.06. The molecule has 1 aliphatic rings. The van der Waals surface area contributed by atoms with Gasteiger partial charge in [0.2, 0.25) is 9.84 Å². The molecule has 0 spiro atoms. The van der Waals surface area contributed by atoms with Crippen LogP contribution in [-0.2, 0) is 15.3 Å². The van der Waals surface area contributed by atoms with Crippen molar-refractivity contribution < 1.29 is 8.42 Å². The lowest BCUT2D eigenvalue weighted by atomic mass is 9.84. The highest BCUT2D eigenvalue weighted by molar-refractivity contribution is 7.95. The standard InChI is InChI=1S/C22H22N2O2S/c1-16-9-11-17(12-10-16)27(25,26)18(15-23)13-14-21-22(2,3)19-7-5-6-8-20(19)24(21)4/h5-14H,1-4H3/b18-13+,21-14-. The van der Waals surface area contributed by atoms with Gasteiger partial charge in [-0.1, -0.05) is 49.7 Å². The van der Waals surface area contributed by atoms with Crippen LogP contribution in [0.1, 0.15) is 25.0 Å². The Morgan fingerprint density at radius 2 is 1.74 bits per heavy atom. The molecule has 0 aromatic heterocycles. The van der Waals surface area contributed by atoms with Gasteiger partial charge in [0.15, 0.2) is 0 Å². The van der Waals surface area contributed by atoms with Gasteiger partial charge in [-0.2, -0.15) is 5.26 Å². The summed E-state index contributed by atoms with van der Waals surface area (Å²) >= 11 is 0. The minimum Gasteiger partial charge on any atom is -0.347 e. The Balaban J connectivity index is 2.05. The zero-order chi connectivity index (χ0) is 19.8. The third kappa shape index (κ3) is 3.17. The van der Waals surface area contributed by atoms with Crippen LogP contribution in [0.3, 0.4) is 0 Å². The van der Waals surface area contributed by atoms with Crippen molar-refractivity contribution in [3.05, 3.63) is 82.4 Å². The smallest absolute Gasteiger partial charge is 0.216 e. The van der Waals surface area contributed by atoms with Crippen LogP contribution in [-0.4, -0.2) is 15.5 Å². The summed E-state index contributed by atoms with van der Waals surface area (Å²) in [5.41, 5.74) is 3.88. The molecule has 0 fully saturated rings. The van der Waals surface area contributed by atoms with E-state index in [4.69, 9.17) is 0 Å². The summed E-state index contributed by atoms with van der Waals surface area (Å²) in [5, 5.41) is 9.48. The highest BCUT2D eigenvalue weighted by atomic mass is 32.2. The molecule has 3 rings (SSSR count). The maximum absolute atomic E-state index is 12.8. The van der Waals surface area contributed by atoms with Gasteiger partial charge in [-0.3, -0.25) is 0 Å².